The van der Waals surface area contributed by atoms with Crippen LogP contribution in [-0.2, 0) is 0 Å². The monoisotopic (exact) mass is 232 g/mol. The minimum absolute atomic E-state index is 0.541. The lowest BCUT2D eigenvalue weighted by molar-refractivity contribution is 0.209. The number of aromatic nitrogens is 2. The van der Waals surface area contributed by atoms with Crippen LogP contribution < -0.4 is 4.74 Å². The SMILES string of the molecule is COc1cc(C(O)c2ncc[nH]2)c(C)cc1C. The smallest absolute Gasteiger partial charge is 0.139 e. The highest BCUT2D eigenvalue weighted by molar-refractivity contribution is 5.43. The molecule has 0 saturated carbocycles. The Morgan fingerprint density at radius 2 is 2.06 bits per heavy atom. The summed E-state index contributed by atoms with van der Waals surface area (Å²) in [5.74, 6) is 1.32. The molecule has 0 bridgehead atoms. The lowest BCUT2D eigenvalue weighted by Crippen LogP contribution is -2.05. The zero-order valence-corrected chi connectivity index (χ0v) is 10.2. The van der Waals surface area contributed by atoms with Crippen molar-refractivity contribution in [1.29, 1.82) is 0 Å². The Hall–Kier alpha value is -1.81. The summed E-state index contributed by atoms with van der Waals surface area (Å²) < 4.78 is 5.27. The third kappa shape index (κ3) is 2.17. The summed E-state index contributed by atoms with van der Waals surface area (Å²) in [6.07, 6.45) is 2.57. The van der Waals surface area contributed by atoms with Gasteiger partial charge in [-0.05, 0) is 36.6 Å². The van der Waals surface area contributed by atoms with Gasteiger partial charge in [-0.25, -0.2) is 4.98 Å². The fourth-order valence-corrected chi connectivity index (χ4v) is 1.94. The van der Waals surface area contributed by atoms with Gasteiger partial charge in [-0.1, -0.05) is 6.07 Å². The van der Waals surface area contributed by atoms with Gasteiger partial charge in [-0.2, -0.15) is 0 Å². The van der Waals surface area contributed by atoms with E-state index in [1.54, 1.807) is 19.5 Å². The number of hydrogen-bond donors (Lipinski definition) is 2. The summed E-state index contributed by atoms with van der Waals surface area (Å²) in [5.41, 5.74) is 2.88. The predicted octanol–water partition coefficient (Wildman–Crippen LogP) is 2.12. The Labute approximate surface area is 100 Å². The van der Waals surface area contributed by atoms with Gasteiger partial charge in [0.1, 0.15) is 17.7 Å². The lowest BCUT2D eigenvalue weighted by atomic mass is 10.00. The van der Waals surface area contributed by atoms with Crippen LogP contribution in [0.25, 0.3) is 0 Å². The van der Waals surface area contributed by atoms with Crippen molar-refractivity contribution in [2.45, 2.75) is 20.0 Å². The number of ether oxygens (including phenoxy) is 1. The molecule has 0 aliphatic rings. The van der Waals surface area contributed by atoms with E-state index in [9.17, 15) is 5.11 Å². The molecular weight excluding hydrogens is 216 g/mol. The maximum absolute atomic E-state index is 10.2. The van der Waals surface area contributed by atoms with Crippen molar-refractivity contribution in [3.8, 4) is 5.75 Å². The zero-order chi connectivity index (χ0) is 12.4. The molecule has 0 saturated heterocycles. The fraction of sp³-hybridized carbons (Fsp3) is 0.308. The normalized spacial score (nSPS) is 12.5. The third-order valence-electron chi connectivity index (χ3n) is 2.86. The maximum Gasteiger partial charge on any atom is 0.139 e. The van der Waals surface area contributed by atoms with Crippen molar-refractivity contribution >= 4 is 0 Å². The third-order valence-corrected chi connectivity index (χ3v) is 2.86. The highest BCUT2D eigenvalue weighted by atomic mass is 16.5. The van der Waals surface area contributed by atoms with E-state index in [0.717, 1.165) is 22.4 Å². The van der Waals surface area contributed by atoms with Crippen LogP contribution in [0.2, 0.25) is 0 Å². The first-order chi connectivity index (χ1) is 8.13. The number of rotatable bonds is 3. The van der Waals surface area contributed by atoms with Crippen molar-refractivity contribution in [3.63, 3.8) is 0 Å². The Morgan fingerprint density at radius 3 is 2.65 bits per heavy atom. The molecule has 0 aliphatic carbocycles. The zero-order valence-electron chi connectivity index (χ0n) is 10.2. The molecule has 4 nitrogen and oxygen atoms in total. The van der Waals surface area contributed by atoms with Crippen molar-refractivity contribution < 1.29 is 9.84 Å². The van der Waals surface area contributed by atoms with Gasteiger partial charge < -0.3 is 14.8 Å². The van der Waals surface area contributed by atoms with Crippen molar-refractivity contribution in [3.05, 3.63) is 47.0 Å². The van der Waals surface area contributed by atoms with Crippen molar-refractivity contribution in [1.82, 2.24) is 9.97 Å². The highest BCUT2D eigenvalue weighted by Crippen LogP contribution is 2.29. The van der Waals surface area contributed by atoms with E-state index in [1.807, 2.05) is 26.0 Å². The van der Waals surface area contributed by atoms with Crippen LogP contribution in [-0.4, -0.2) is 22.2 Å². The number of benzene rings is 1. The van der Waals surface area contributed by atoms with E-state index in [4.69, 9.17) is 4.74 Å². The number of H-pyrrole nitrogens is 1. The topological polar surface area (TPSA) is 58.1 Å². The molecule has 1 aromatic heterocycles. The van der Waals surface area contributed by atoms with Crippen LogP contribution in [0.4, 0.5) is 0 Å². The first-order valence-electron chi connectivity index (χ1n) is 5.46. The molecule has 0 amide bonds. The molecule has 2 rings (SSSR count). The minimum Gasteiger partial charge on any atom is -0.496 e. The second-order valence-electron chi connectivity index (χ2n) is 4.06. The summed E-state index contributed by atoms with van der Waals surface area (Å²) in [4.78, 5) is 6.98. The summed E-state index contributed by atoms with van der Waals surface area (Å²) in [6.45, 7) is 3.95. The van der Waals surface area contributed by atoms with Gasteiger partial charge in [0.25, 0.3) is 0 Å². The molecule has 2 aromatic rings. The van der Waals surface area contributed by atoms with Crippen LogP contribution in [0.3, 0.4) is 0 Å². The molecular formula is C13H16N2O2. The van der Waals surface area contributed by atoms with Crippen LogP contribution >= 0.6 is 0 Å². The van der Waals surface area contributed by atoms with Gasteiger partial charge in [0, 0.05) is 12.4 Å². The van der Waals surface area contributed by atoms with Crippen LogP contribution in [0.5, 0.6) is 5.75 Å². The molecule has 17 heavy (non-hydrogen) atoms. The number of aliphatic hydroxyl groups excluding tert-OH is 1. The van der Waals surface area contributed by atoms with Gasteiger partial charge in [0.2, 0.25) is 0 Å². The first kappa shape index (κ1) is 11.7. The van der Waals surface area contributed by atoms with Crippen LogP contribution in [0.15, 0.2) is 24.5 Å². The number of aryl methyl sites for hydroxylation is 2. The van der Waals surface area contributed by atoms with E-state index in [0.29, 0.717) is 5.82 Å². The van der Waals surface area contributed by atoms with Gasteiger partial charge in [-0.3, -0.25) is 0 Å². The Morgan fingerprint density at radius 1 is 1.29 bits per heavy atom. The summed E-state index contributed by atoms with van der Waals surface area (Å²) >= 11 is 0. The van der Waals surface area contributed by atoms with Crippen molar-refractivity contribution in [2.75, 3.05) is 7.11 Å². The van der Waals surface area contributed by atoms with E-state index in [2.05, 4.69) is 9.97 Å². The molecule has 2 N–H and O–H groups in total. The molecule has 0 spiro atoms. The molecule has 4 heteroatoms. The number of imidazole rings is 1. The number of nitrogens with zero attached hydrogens (tertiary/aromatic N) is 1. The van der Waals surface area contributed by atoms with E-state index < -0.39 is 6.10 Å². The second kappa shape index (κ2) is 4.59. The van der Waals surface area contributed by atoms with E-state index in [1.165, 1.54) is 0 Å². The minimum atomic E-state index is -0.750. The van der Waals surface area contributed by atoms with Gasteiger partial charge in [-0.15, -0.1) is 0 Å². The summed E-state index contributed by atoms with van der Waals surface area (Å²) in [7, 11) is 1.63. The fourth-order valence-electron chi connectivity index (χ4n) is 1.94. The van der Waals surface area contributed by atoms with Gasteiger partial charge >= 0.3 is 0 Å². The second-order valence-corrected chi connectivity index (χ2v) is 4.06. The number of hydrogen-bond acceptors (Lipinski definition) is 3. The predicted molar refractivity (Wildman–Crippen MR) is 65.1 cm³/mol. The molecule has 1 atom stereocenters. The molecule has 1 aromatic carbocycles. The summed E-state index contributed by atoms with van der Waals surface area (Å²) in [5, 5.41) is 10.2. The van der Waals surface area contributed by atoms with E-state index >= 15 is 0 Å². The molecule has 1 heterocycles. The largest absolute Gasteiger partial charge is 0.496 e. The molecule has 0 aliphatic heterocycles. The molecule has 0 radical (unpaired) electrons. The average Bonchev–Trinajstić information content (AvgIpc) is 2.82. The maximum atomic E-state index is 10.2. The highest BCUT2D eigenvalue weighted by Gasteiger charge is 2.16. The average molecular weight is 232 g/mol. The van der Waals surface area contributed by atoms with E-state index in [-0.39, 0.29) is 0 Å². The number of nitrogens with one attached hydrogen (secondary N) is 1. The summed E-state index contributed by atoms with van der Waals surface area (Å²) in [6, 6.07) is 3.86. The van der Waals surface area contributed by atoms with Crippen LogP contribution in [0, 0.1) is 13.8 Å². The number of aliphatic hydroxyl groups is 1. The first-order valence-corrected chi connectivity index (χ1v) is 5.46. The Bertz CT molecular complexity index is 506. The van der Waals surface area contributed by atoms with Crippen LogP contribution in [0.1, 0.15) is 28.6 Å². The molecule has 90 valence electrons. The number of aromatic amines is 1. The van der Waals surface area contributed by atoms with Gasteiger partial charge in [0.15, 0.2) is 0 Å². The number of methoxy groups -OCH3 is 1. The Balaban J connectivity index is 2.45. The van der Waals surface area contributed by atoms with Crippen molar-refractivity contribution in [2.24, 2.45) is 0 Å². The van der Waals surface area contributed by atoms with Gasteiger partial charge in [0.05, 0.1) is 7.11 Å². The lowest BCUT2D eigenvalue weighted by Gasteiger charge is -2.15. The Kier molecular flexibility index (Phi) is 3.15. The quantitative estimate of drug-likeness (QED) is 0.852. The standard InChI is InChI=1S/C13H16N2O2/c1-8-6-9(2)11(17-3)7-10(8)12(16)13-14-4-5-15-13/h4-7,12,16H,1-3H3,(H,14,15). The molecule has 1 unspecified atom stereocenters. The molecule has 0 fully saturated rings.